The molecule has 9 heteroatoms. The second-order valence-electron chi connectivity index (χ2n) is 8.28. The summed E-state index contributed by atoms with van der Waals surface area (Å²) in [5.41, 5.74) is 8.43. The Hall–Kier alpha value is -4.11. The minimum atomic E-state index is -0.464. The standard InChI is InChI=1S/C26H28FN5O3/c1-35-23-7-3-2-6-19(23)21-14-20(25(27)26-22(21)13-18(16-33)30-26)17-5-4-10-31(15-17)24(34)8-11-32(29)12-9-28/h2-3,5-7,9,12-14,16,30H,4,8,10-11,15,28-29H2,1H3/b12-9-. The van der Waals surface area contributed by atoms with E-state index in [0.29, 0.717) is 48.1 Å². The van der Waals surface area contributed by atoms with Crippen molar-refractivity contribution in [2.75, 3.05) is 26.7 Å². The van der Waals surface area contributed by atoms with Gasteiger partial charge in [-0.15, -0.1) is 0 Å². The number of fused-ring (bicyclic) bond motifs is 1. The first-order valence-electron chi connectivity index (χ1n) is 11.3. The molecule has 1 amide bonds. The van der Waals surface area contributed by atoms with Crippen molar-refractivity contribution >= 4 is 28.7 Å². The minimum Gasteiger partial charge on any atom is -0.496 e. The number of nitrogens with one attached hydrogen (secondary N) is 1. The average Bonchev–Trinajstić information content (AvgIpc) is 3.33. The second-order valence-corrected chi connectivity index (χ2v) is 8.28. The number of para-hydroxylation sites is 1. The number of methoxy groups -OCH3 is 1. The van der Waals surface area contributed by atoms with Crippen LogP contribution in [-0.4, -0.2) is 53.8 Å². The molecule has 0 atom stereocenters. The van der Waals surface area contributed by atoms with Gasteiger partial charge in [-0.05, 0) is 35.8 Å². The highest BCUT2D eigenvalue weighted by molar-refractivity contribution is 6.02. The third kappa shape index (κ3) is 4.90. The lowest BCUT2D eigenvalue weighted by Crippen LogP contribution is -2.38. The van der Waals surface area contributed by atoms with Crippen LogP contribution >= 0.6 is 0 Å². The minimum absolute atomic E-state index is 0.0778. The lowest BCUT2D eigenvalue weighted by atomic mass is 9.93. The SMILES string of the molecule is COc1ccccc1-c1cc(C2=CCCN(C(=O)CCN(N)/C=C\N)C2)c(F)c2[nH]c(C=O)cc12. The molecule has 0 saturated heterocycles. The molecule has 2 heterocycles. The maximum atomic E-state index is 15.8. The summed E-state index contributed by atoms with van der Waals surface area (Å²) in [5.74, 6) is 5.85. The number of carbonyl (C=O) groups excluding carboxylic acids is 2. The van der Waals surface area contributed by atoms with Crippen LogP contribution in [0.4, 0.5) is 4.39 Å². The van der Waals surface area contributed by atoms with Crippen molar-refractivity contribution in [2.45, 2.75) is 12.8 Å². The van der Waals surface area contributed by atoms with E-state index < -0.39 is 5.82 Å². The van der Waals surface area contributed by atoms with E-state index in [1.54, 1.807) is 24.1 Å². The molecule has 3 aromatic rings. The fraction of sp³-hybridized carbons (Fsp3) is 0.231. The van der Waals surface area contributed by atoms with Crippen LogP contribution in [0.5, 0.6) is 5.75 Å². The summed E-state index contributed by atoms with van der Waals surface area (Å²) in [7, 11) is 1.58. The number of aromatic amines is 1. The number of aromatic nitrogens is 1. The summed E-state index contributed by atoms with van der Waals surface area (Å²) in [6.45, 7) is 1.13. The number of hydrazine groups is 1. The van der Waals surface area contributed by atoms with Gasteiger partial charge in [0.05, 0.1) is 18.3 Å². The number of nitrogens with two attached hydrogens (primary N) is 2. The summed E-state index contributed by atoms with van der Waals surface area (Å²) in [4.78, 5) is 28.9. The van der Waals surface area contributed by atoms with Crippen LogP contribution in [-0.2, 0) is 4.79 Å². The Morgan fingerprint density at radius 1 is 1.26 bits per heavy atom. The zero-order chi connectivity index (χ0) is 24.9. The number of benzene rings is 2. The maximum Gasteiger partial charge on any atom is 0.224 e. The Balaban J connectivity index is 1.72. The first kappa shape index (κ1) is 24.0. The Morgan fingerprint density at radius 2 is 2.06 bits per heavy atom. The van der Waals surface area contributed by atoms with Crippen LogP contribution in [0.3, 0.4) is 0 Å². The molecule has 0 unspecified atom stereocenters. The number of aldehydes is 1. The number of rotatable bonds is 8. The summed E-state index contributed by atoms with van der Waals surface area (Å²) in [6, 6.07) is 10.9. The Kier molecular flexibility index (Phi) is 7.17. The maximum absolute atomic E-state index is 15.8. The number of carbonyl (C=O) groups is 2. The van der Waals surface area contributed by atoms with Crippen molar-refractivity contribution in [2.24, 2.45) is 11.6 Å². The van der Waals surface area contributed by atoms with Crippen LogP contribution in [0.25, 0.3) is 27.6 Å². The number of halogens is 1. The molecule has 5 N–H and O–H groups in total. The summed E-state index contributed by atoms with van der Waals surface area (Å²) in [5, 5.41) is 1.93. The highest BCUT2D eigenvalue weighted by Crippen LogP contribution is 2.39. The molecule has 35 heavy (non-hydrogen) atoms. The molecule has 0 saturated carbocycles. The topological polar surface area (TPSA) is 118 Å². The summed E-state index contributed by atoms with van der Waals surface area (Å²) >= 11 is 0. The molecule has 1 aliphatic heterocycles. The van der Waals surface area contributed by atoms with E-state index in [-0.39, 0.29) is 30.1 Å². The van der Waals surface area contributed by atoms with E-state index in [2.05, 4.69) is 4.98 Å². The van der Waals surface area contributed by atoms with Crippen LogP contribution < -0.4 is 16.3 Å². The smallest absolute Gasteiger partial charge is 0.224 e. The first-order chi connectivity index (χ1) is 17.0. The Labute approximate surface area is 202 Å². The van der Waals surface area contributed by atoms with Gasteiger partial charge in [-0.2, -0.15) is 0 Å². The van der Waals surface area contributed by atoms with Crippen molar-refractivity contribution in [3.63, 3.8) is 0 Å². The van der Waals surface area contributed by atoms with Gasteiger partial charge in [-0.25, -0.2) is 10.2 Å². The molecule has 0 aliphatic carbocycles. The van der Waals surface area contributed by atoms with Crippen molar-refractivity contribution in [1.82, 2.24) is 14.9 Å². The zero-order valence-corrected chi connectivity index (χ0v) is 19.5. The van der Waals surface area contributed by atoms with E-state index in [4.69, 9.17) is 16.3 Å². The van der Waals surface area contributed by atoms with E-state index in [1.165, 1.54) is 17.4 Å². The third-order valence-electron chi connectivity index (χ3n) is 6.11. The number of ether oxygens (including phenoxy) is 1. The average molecular weight is 478 g/mol. The third-order valence-corrected chi connectivity index (χ3v) is 6.11. The normalized spacial score (nSPS) is 13.8. The van der Waals surface area contributed by atoms with Gasteiger partial charge in [0, 0.05) is 55.0 Å². The first-order valence-corrected chi connectivity index (χ1v) is 11.3. The predicted octanol–water partition coefficient (Wildman–Crippen LogP) is 3.41. The highest BCUT2D eigenvalue weighted by atomic mass is 19.1. The Bertz CT molecular complexity index is 1310. The van der Waals surface area contributed by atoms with Gasteiger partial charge < -0.3 is 25.4 Å². The van der Waals surface area contributed by atoms with Crippen molar-refractivity contribution in [3.05, 3.63) is 71.9 Å². The quantitative estimate of drug-likeness (QED) is 0.260. The molecule has 2 aromatic carbocycles. The number of H-pyrrole nitrogens is 1. The highest BCUT2D eigenvalue weighted by Gasteiger charge is 2.24. The van der Waals surface area contributed by atoms with Crippen LogP contribution in [0.15, 0.2) is 54.9 Å². The summed E-state index contributed by atoms with van der Waals surface area (Å²) < 4.78 is 21.3. The lowest BCUT2D eigenvalue weighted by Gasteiger charge is -2.29. The summed E-state index contributed by atoms with van der Waals surface area (Å²) in [6.07, 6.45) is 6.22. The van der Waals surface area contributed by atoms with E-state index in [0.717, 1.165) is 11.1 Å². The van der Waals surface area contributed by atoms with E-state index >= 15 is 4.39 Å². The lowest BCUT2D eigenvalue weighted by molar-refractivity contribution is -0.130. The van der Waals surface area contributed by atoms with Crippen molar-refractivity contribution in [3.8, 4) is 16.9 Å². The van der Waals surface area contributed by atoms with Gasteiger partial charge in [0.25, 0.3) is 0 Å². The Morgan fingerprint density at radius 3 is 2.80 bits per heavy atom. The van der Waals surface area contributed by atoms with Crippen molar-refractivity contribution < 1.29 is 18.7 Å². The van der Waals surface area contributed by atoms with Gasteiger partial charge in [-0.3, -0.25) is 9.59 Å². The molecule has 0 spiro atoms. The molecule has 0 fully saturated rings. The predicted molar refractivity (Wildman–Crippen MR) is 134 cm³/mol. The second kappa shape index (κ2) is 10.4. The van der Waals surface area contributed by atoms with Gasteiger partial charge in [0.2, 0.25) is 5.91 Å². The van der Waals surface area contributed by atoms with Gasteiger partial charge >= 0.3 is 0 Å². The largest absolute Gasteiger partial charge is 0.496 e. The van der Waals surface area contributed by atoms with Crippen molar-refractivity contribution in [1.29, 1.82) is 0 Å². The molecular weight excluding hydrogens is 449 g/mol. The fourth-order valence-electron chi connectivity index (χ4n) is 4.39. The molecule has 0 radical (unpaired) electrons. The molecule has 1 aliphatic rings. The number of nitrogens with zero attached hydrogens (tertiary/aromatic N) is 2. The zero-order valence-electron chi connectivity index (χ0n) is 19.5. The number of hydrogen-bond acceptors (Lipinski definition) is 6. The van der Waals surface area contributed by atoms with E-state index in [9.17, 15) is 9.59 Å². The number of amides is 1. The van der Waals surface area contributed by atoms with Crippen LogP contribution in [0.1, 0.15) is 28.9 Å². The monoisotopic (exact) mass is 477 g/mol. The molecular formula is C26H28FN5O3. The van der Waals surface area contributed by atoms with Gasteiger partial charge in [0.1, 0.15) is 5.75 Å². The molecule has 1 aromatic heterocycles. The van der Waals surface area contributed by atoms with Gasteiger partial charge in [-0.1, -0.05) is 24.3 Å². The van der Waals surface area contributed by atoms with Crippen LogP contribution in [0.2, 0.25) is 0 Å². The fourth-order valence-corrected chi connectivity index (χ4v) is 4.39. The molecule has 0 bridgehead atoms. The number of hydrogen-bond donors (Lipinski definition) is 3. The molecule has 4 rings (SSSR count). The van der Waals surface area contributed by atoms with E-state index in [1.807, 2.05) is 30.3 Å². The van der Waals surface area contributed by atoms with Gasteiger partial charge in [0.15, 0.2) is 12.1 Å². The molecule has 8 nitrogen and oxygen atoms in total. The molecule has 182 valence electrons. The van der Waals surface area contributed by atoms with Crippen LogP contribution in [0, 0.1) is 5.82 Å².